The number of rotatable bonds is 5. The molecule has 0 amide bonds. The first kappa shape index (κ1) is 23.2. The molecule has 6 aliphatic rings. The van der Waals surface area contributed by atoms with Gasteiger partial charge in [-0.1, -0.05) is 26.7 Å². The van der Waals surface area contributed by atoms with Crippen LogP contribution in [-0.4, -0.2) is 67.0 Å². The molecule has 33 heavy (non-hydrogen) atoms. The molecule has 188 valence electrons. The number of ether oxygens (including phenoxy) is 3. The van der Waals surface area contributed by atoms with Crippen molar-refractivity contribution < 1.29 is 19.3 Å². The lowest BCUT2D eigenvalue weighted by Crippen LogP contribution is -2.68. The van der Waals surface area contributed by atoms with Gasteiger partial charge in [0.05, 0.1) is 25.4 Å². The van der Waals surface area contributed by atoms with Gasteiger partial charge in [0.15, 0.2) is 6.29 Å². The normalized spacial score (nSPS) is 50.8. The van der Waals surface area contributed by atoms with E-state index >= 15 is 0 Å². The topological polar surface area (TPSA) is 51.2 Å². The zero-order valence-electron chi connectivity index (χ0n) is 21.2. The second-order valence-electron chi connectivity index (χ2n) is 12.9. The van der Waals surface area contributed by atoms with Crippen LogP contribution in [-0.2, 0) is 14.2 Å². The second kappa shape index (κ2) is 8.44. The van der Waals surface area contributed by atoms with E-state index in [1.165, 1.54) is 70.9 Å². The zero-order chi connectivity index (χ0) is 22.7. The lowest BCUT2D eigenvalue weighted by atomic mass is 9.43. The summed E-state index contributed by atoms with van der Waals surface area (Å²) < 4.78 is 19.3. The maximum Gasteiger partial charge on any atom is 0.187 e. The van der Waals surface area contributed by atoms with Crippen molar-refractivity contribution in [2.75, 3.05) is 39.5 Å². The Kier molecular flexibility index (Phi) is 5.93. The molecular weight excluding hydrogens is 414 g/mol. The van der Waals surface area contributed by atoms with Crippen molar-refractivity contribution in [3.05, 3.63) is 0 Å². The molecule has 2 unspecified atom stereocenters. The highest BCUT2D eigenvalue weighted by Gasteiger charge is 2.75. The highest BCUT2D eigenvalue weighted by molar-refractivity contribution is 5.23. The van der Waals surface area contributed by atoms with Gasteiger partial charge in [-0.05, 0) is 100 Å². The summed E-state index contributed by atoms with van der Waals surface area (Å²) in [5, 5.41) is 12.7. The largest absolute Gasteiger partial charge is 0.389 e. The molecule has 2 heterocycles. The van der Waals surface area contributed by atoms with E-state index < -0.39 is 11.2 Å². The molecule has 0 aromatic rings. The number of likely N-dealkylation sites (tertiary alicyclic amines) is 1. The molecule has 0 aromatic heterocycles. The van der Waals surface area contributed by atoms with Crippen molar-refractivity contribution in [1.29, 1.82) is 0 Å². The monoisotopic (exact) mass is 461 g/mol. The third kappa shape index (κ3) is 3.28. The molecule has 1 N–H and O–H groups in total. The van der Waals surface area contributed by atoms with Crippen LogP contribution in [0.4, 0.5) is 0 Å². The fourth-order valence-corrected chi connectivity index (χ4v) is 9.97. The number of hydrogen-bond donors (Lipinski definition) is 1. The Balaban J connectivity index is 1.29. The minimum absolute atomic E-state index is 0.320. The van der Waals surface area contributed by atoms with Crippen LogP contribution >= 0.6 is 0 Å². The van der Waals surface area contributed by atoms with Crippen LogP contribution in [0.1, 0.15) is 90.9 Å². The SMILES string of the molecule is C[C@]12CCCCC1CC[C@@H]1[C@H]2CC[C@]2(C)C(OCCN3CCCC3)(C3OCCO3)CC[C@@]12O. The quantitative estimate of drug-likeness (QED) is 0.640. The van der Waals surface area contributed by atoms with E-state index in [1.54, 1.807) is 0 Å². The predicted molar refractivity (Wildman–Crippen MR) is 128 cm³/mol. The minimum atomic E-state index is -0.676. The van der Waals surface area contributed by atoms with Crippen LogP contribution in [0.3, 0.4) is 0 Å². The first-order valence-electron chi connectivity index (χ1n) is 14.2. The van der Waals surface area contributed by atoms with E-state index in [0.717, 1.165) is 31.7 Å². The number of aliphatic hydroxyl groups is 1. The van der Waals surface area contributed by atoms with Crippen molar-refractivity contribution >= 4 is 0 Å². The Labute approximate surface area is 200 Å². The Morgan fingerprint density at radius 1 is 0.848 bits per heavy atom. The van der Waals surface area contributed by atoms with Crippen LogP contribution in [0.15, 0.2) is 0 Å². The molecule has 0 spiro atoms. The maximum absolute atomic E-state index is 12.7. The number of fused-ring (bicyclic) bond motifs is 5. The van der Waals surface area contributed by atoms with Crippen LogP contribution in [0.25, 0.3) is 0 Å². The van der Waals surface area contributed by atoms with E-state index in [2.05, 4.69) is 18.7 Å². The van der Waals surface area contributed by atoms with Gasteiger partial charge in [0.25, 0.3) is 0 Å². The molecule has 4 aliphatic carbocycles. The van der Waals surface area contributed by atoms with Crippen LogP contribution < -0.4 is 0 Å². The van der Waals surface area contributed by atoms with Gasteiger partial charge >= 0.3 is 0 Å². The summed E-state index contributed by atoms with van der Waals surface area (Å²) >= 11 is 0. The Morgan fingerprint density at radius 2 is 1.64 bits per heavy atom. The Hall–Kier alpha value is -0.200. The average Bonchev–Trinajstić information content (AvgIpc) is 3.56. The fraction of sp³-hybridized carbons (Fsp3) is 1.00. The van der Waals surface area contributed by atoms with Gasteiger partial charge in [-0.25, -0.2) is 0 Å². The molecule has 6 fully saturated rings. The highest BCUT2D eigenvalue weighted by atomic mass is 16.7. The lowest BCUT2D eigenvalue weighted by Gasteiger charge is -2.64. The van der Waals surface area contributed by atoms with Crippen molar-refractivity contribution in [3.8, 4) is 0 Å². The molecule has 5 nitrogen and oxygen atoms in total. The molecule has 6 rings (SSSR count). The summed E-state index contributed by atoms with van der Waals surface area (Å²) in [5.74, 6) is 1.91. The van der Waals surface area contributed by atoms with E-state index in [1.807, 2.05) is 0 Å². The molecule has 5 heteroatoms. The van der Waals surface area contributed by atoms with Gasteiger partial charge in [-0.15, -0.1) is 0 Å². The van der Waals surface area contributed by atoms with Gasteiger partial charge in [0.1, 0.15) is 5.60 Å². The summed E-state index contributed by atoms with van der Waals surface area (Å²) in [6.07, 6.45) is 14.2. The first-order chi connectivity index (χ1) is 15.9. The molecule has 0 aromatic carbocycles. The standard InChI is InChI=1S/C28H47NO4/c1-25-11-4-3-7-21(25)8-9-23-22(25)10-12-26(2)27(23,30)13-14-28(26,24-31-19-20-32-24)33-18-17-29-15-5-6-16-29/h21-24,30H,3-20H2,1-2H3/t21?,22-,23-,25+,26+,27-,28?/m1/s1. The second-order valence-corrected chi connectivity index (χ2v) is 12.9. The van der Waals surface area contributed by atoms with Crippen molar-refractivity contribution in [3.63, 3.8) is 0 Å². The maximum atomic E-state index is 12.7. The van der Waals surface area contributed by atoms with E-state index in [-0.39, 0.29) is 11.7 Å². The van der Waals surface area contributed by atoms with Crippen LogP contribution in [0, 0.1) is 28.6 Å². The third-order valence-corrected chi connectivity index (χ3v) is 11.9. The van der Waals surface area contributed by atoms with Gasteiger partial charge in [-0.3, -0.25) is 0 Å². The number of hydrogen-bond acceptors (Lipinski definition) is 5. The van der Waals surface area contributed by atoms with Crippen molar-refractivity contribution in [2.24, 2.45) is 28.6 Å². The molecule has 0 radical (unpaired) electrons. The van der Waals surface area contributed by atoms with Crippen LogP contribution in [0.5, 0.6) is 0 Å². The Morgan fingerprint density at radius 3 is 2.42 bits per heavy atom. The Bertz CT molecular complexity index is 721. The van der Waals surface area contributed by atoms with Gasteiger partial charge in [0, 0.05) is 12.0 Å². The van der Waals surface area contributed by atoms with E-state index in [4.69, 9.17) is 14.2 Å². The average molecular weight is 462 g/mol. The van der Waals surface area contributed by atoms with E-state index in [9.17, 15) is 5.11 Å². The van der Waals surface area contributed by atoms with Gasteiger partial charge < -0.3 is 24.2 Å². The third-order valence-electron chi connectivity index (χ3n) is 11.9. The minimum Gasteiger partial charge on any atom is -0.389 e. The van der Waals surface area contributed by atoms with Gasteiger partial charge in [-0.2, -0.15) is 0 Å². The van der Waals surface area contributed by atoms with Crippen molar-refractivity contribution in [1.82, 2.24) is 4.90 Å². The summed E-state index contributed by atoms with van der Waals surface area (Å²) in [4.78, 5) is 2.52. The van der Waals surface area contributed by atoms with Gasteiger partial charge in [0.2, 0.25) is 0 Å². The highest BCUT2D eigenvalue weighted by Crippen LogP contribution is 2.71. The van der Waals surface area contributed by atoms with Crippen LogP contribution in [0.2, 0.25) is 0 Å². The first-order valence-corrected chi connectivity index (χ1v) is 14.2. The molecule has 0 bridgehead atoms. The van der Waals surface area contributed by atoms with E-state index in [0.29, 0.717) is 37.1 Å². The molecule has 2 aliphatic heterocycles. The summed E-state index contributed by atoms with van der Waals surface area (Å²) in [5.41, 5.74) is -1.11. The summed E-state index contributed by atoms with van der Waals surface area (Å²) in [6.45, 7) is 10.3. The molecule has 7 atom stereocenters. The smallest absolute Gasteiger partial charge is 0.187 e. The molecule has 4 saturated carbocycles. The fourth-order valence-electron chi connectivity index (χ4n) is 9.97. The molecular formula is C28H47NO4. The summed E-state index contributed by atoms with van der Waals surface area (Å²) in [6, 6.07) is 0. The number of nitrogens with zero attached hydrogens (tertiary/aromatic N) is 1. The molecule has 2 saturated heterocycles. The lowest BCUT2D eigenvalue weighted by molar-refractivity contribution is -0.294. The zero-order valence-corrected chi connectivity index (χ0v) is 21.2. The van der Waals surface area contributed by atoms with Crippen molar-refractivity contribution in [2.45, 2.75) is 108 Å². The summed E-state index contributed by atoms with van der Waals surface area (Å²) in [7, 11) is 0. The predicted octanol–water partition coefficient (Wildman–Crippen LogP) is 4.76.